The minimum absolute atomic E-state index is 0.195. The standard InChI is InChI=1S/C14H21NO4S/c1-11-13(16)6-3-7-14(11)19-10-12-5-4-8-15(9-12)20(2,17)18/h3,6-7,12,16H,4-5,8-10H2,1-2H3. The van der Waals surface area contributed by atoms with Crippen molar-refractivity contribution in [1.82, 2.24) is 4.31 Å². The van der Waals surface area contributed by atoms with Crippen molar-refractivity contribution >= 4 is 10.0 Å². The van der Waals surface area contributed by atoms with Gasteiger partial charge in [0.2, 0.25) is 10.0 Å². The van der Waals surface area contributed by atoms with E-state index in [1.165, 1.54) is 10.6 Å². The van der Waals surface area contributed by atoms with Crippen LogP contribution in [0.4, 0.5) is 0 Å². The van der Waals surface area contributed by atoms with Gasteiger partial charge in [-0.15, -0.1) is 0 Å². The molecule has 0 spiro atoms. The van der Waals surface area contributed by atoms with Crippen molar-refractivity contribution < 1.29 is 18.3 Å². The molecule has 1 heterocycles. The summed E-state index contributed by atoms with van der Waals surface area (Å²) in [4.78, 5) is 0. The lowest BCUT2D eigenvalue weighted by Crippen LogP contribution is -2.40. The highest BCUT2D eigenvalue weighted by Gasteiger charge is 2.26. The molecule has 20 heavy (non-hydrogen) atoms. The Morgan fingerprint density at radius 2 is 2.20 bits per heavy atom. The number of ether oxygens (including phenoxy) is 1. The number of hydrogen-bond donors (Lipinski definition) is 1. The average molecular weight is 299 g/mol. The van der Waals surface area contributed by atoms with Crippen molar-refractivity contribution in [3.05, 3.63) is 23.8 Å². The highest BCUT2D eigenvalue weighted by Crippen LogP contribution is 2.27. The molecule has 0 amide bonds. The molecule has 1 aromatic rings. The molecule has 0 radical (unpaired) electrons. The molecule has 1 aliphatic heterocycles. The molecule has 1 N–H and O–H groups in total. The Morgan fingerprint density at radius 3 is 2.90 bits per heavy atom. The van der Waals surface area contributed by atoms with Gasteiger partial charge in [-0.3, -0.25) is 0 Å². The van der Waals surface area contributed by atoms with Crippen molar-refractivity contribution in [3.8, 4) is 11.5 Å². The number of phenolic OH excluding ortho intramolecular Hbond substituents is 1. The minimum Gasteiger partial charge on any atom is -0.508 e. The topological polar surface area (TPSA) is 66.8 Å². The van der Waals surface area contributed by atoms with E-state index in [0.717, 1.165) is 12.8 Å². The number of sulfonamides is 1. The summed E-state index contributed by atoms with van der Waals surface area (Å²) in [5.41, 5.74) is 0.711. The fraction of sp³-hybridized carbons (Fsp3) is 0.571. The molecule has 2 rings (SSSR count). The maximum absolute atomic E-state index is 11.6. The van der Waals surface area contributed by atoms with Crippen molar-refractivity contribution in [1.29, 1.82) is 0 Å². The van der Waals surface area contributed by atoms with E-state index in [9.17, 15) is 13.5 Å². The number of benzene rings is 1. The predicted molar refractivity (Wildman–Crippen MR) is 77.5 cm³/mol. The molecule has 1 unspecified atom stereocenters. The zero-order valence-corrected chi connectivity index (χ0v) is 12.7. The van der Waals surface area contributed by atoms with E-state index in [1.54, 1.807) is 19.1 Å². The molecule has 1 atom stereocenters. The number of hydrogen-bond acceptors (Lipinski definition) is 4. The molecule has 1 aromatic carbocycles. The smallest absolute Gasteiger partial charge is 0.211 e. The lowest BCUT2D eigenvalue weighted by Gasteiger charge is -2.30. The van der Waals surface area contributed by atoms with Crippen molar-refractivity contribution in [3.63, 3.8) is 0 Å². The van der Waals surface area contributed by atoms with Crippen LogP contribution in [0, 0.1) is 12.8 Å². The molecular formula is C14H21NO4S. The zero-order chi connectivity index (χ0) is 14.8. The summed E-state index contributed by atoms with van der Waals surface area (Å²) in [6.45, 7) is 3.38. The summed E-state index contributed by atoms with van der Waals surface area (Å²) in [7, 11) is -3.12. The lowest BCUT2D eigenvalue weighted by atomic mass is 10.0. The Balaban J connectivity index is 1.95. The molecule has 1 fully saturated rings. The molecule has 0 saturated carbocycles. The summed E-state index contributed by atoms with van der Waals surface area (Å²) in [6, 6.07) is 5.17. The number of aromatic hydroxyl groups is 1. The predicted octanol–water partition coefficient (Wildman–Crippen LogP) is 1.75. The molecule has 0 aromatic heterocycles. The molecule has 1 saturated heterocycles. The van der Waals surface area contributed by atoms with Crippen LogP contribution in [0.1, 0.15) is 18.4 Å². The maximum atomic E-state index is 11.6. The Labute approximate surface area is 120 Å². The third kappa shape index (κ3) is 3.64. The Morgan fingerprint density at radius 1 is 1.45 bits per heavy atom. The largest absolute Gasteiger partial charge is 0.508 e. The average Bonchev–Trinajstić information content (AvgIpc) is 2.40. The van der Waals surface area contributed by atoms with Gasteiger partial charge in [0, 0.05) is 24.6 Å². The van der Waals surface area contributed by atoms with Crippen LogP contribution in [0.2, 0.25) is 0 Å². The van der Waals surface area contributed by atoms with E-state index in [-0.39, 0.29) is 11.7 Å². The van der Waals surface area contributed by atoms with E-state index < -0.39 is 10.0 Å². The molecule has 5 nitrogen and oxygen atoms in total. The molecule has 6 heteroatoms. The lowest BCUT2D eigenvalue weighted by molar-refractivity contribution is 0.179. The number of rotatable bonds is 4. The Hall–Kier alpha value is -1.27. The summed E-state index contributed by atoms with van der Waals surface area (Å²) >= 11 is 0. The first-order valence-electron chi connectivity index (χ1n) is 6.74. The number of phenols is 1. The summed E-state index contributed by atoms with van der Waals surface area (Å²) in [6.07, 6.45) is 3.07. The van der Waals surface area contributed by atoms with Crippen LogP contribution >= 0.6 is 0 Å². The van der Waals surface area contributed by atoms with Crippen LogP contribution in [0.15, 0.2) is 18.2 Å². The van der Waals surface area contributed by atoms with Crippen LogP contribution in [-0.4, -0.2) is 43.8 Å². The molecule has 112 valence electrons. The highest BCUT2D eigenvalue weighted by atomic mass is 32.2. The third-order valence-corrected chi connectivity index (χ3v) is 4.95. The second-order valence-corrected chi connectivity index (χ2v) is 7.32. The van der Waals surface area contributed by atoms with E-state index >= 15 is 0 Å². The highest BCUT2D eigenvalue weighted by molar-refractivity contribution is 7.88. The zero-order valence-electron chi connectivity index (χ0n) is 11.9. The maximum Gasteiger partial charge on any atom is 0.211 e. The van der Waals surface area contributed by atoms with Crippen LogP contribution in [0.3, 0.4) is 0 Å². The van der Waals surface area contributed by atoms with Crippen LogP contribution in [0.25, 0.3) is 0 Å². The molecular weight excluding hydrogens is 278 g/mol. The quantitative estimate of drug-likeness (QED) is 0.920. The van der Waals surface area contributed by atoms with Gasteiger partial charge in [0.25, 0.3) is 0 Å². The number of piperidine rings is 1. The first kappa shape index (κ1) is 15.1. The molecule has 0 aliphatic carbocycles. The van der Waals surface area contributed by atoms with Gasteiger partial charge >= 0.3 is 0 Å². The monoisotopic (exact) mass is 299 g/mol. The second-order valence-electron chi connectivity index (χ2n) is 5.34. The number of nitrogens with zero attached hydrogens (tertiary/aromatic N) is 1. The van der Waals surface area contributed by atoms with Crippen molar-refractivity contribution in [2.24, 2.45) is 5.92 Å². The fourth-order valence-electron chi connectivity index (χ4n) is 2.43. The van der Waals surface area contributed by atoms with E-state index in [2.05, 4.69) is 0 Å². The van der Waals surface area contributed by atoms with Gasteiger partial charge in [-0.05, 0) is 31.9 Å². The van der Waals surface area contributed by atoms with Crippen LogP contribution in [0.5, 0.6) is 11.5 Å². The van der Waals surface area contributed by atoms with Crippen molar-refractivity contribution in [2.45, 2.75) is 19.8 Å². The second kappa shape index (κ2) is 6.01. The van der Waals surface area contributed by atoms with Gasteiger partial charge in [0.15, 0.2) is 0 Å². The first-order valence-corrected chi connectivity index (χ1v) is 8.59. The molecule has 1 aliphatic rings. The van der Waals surface area contributed by atoms with Crippen molar-refractivity contribution in [2.75, 3.05) is 26.0 Å². The minimum atomic E-state index is -3.12. The SMILES string of the molecule is Cc1c(O)cccc1OCC1CCCN(S(C)(=O)=O)C1. The van der Waals surface area contributed by atoms with Gasteiger partial charge in [-0.1, -0.05) is 6.07 Å². The van der Waals surface area contributed by atoms with E-state index in [1.807, 2.05) is 6.07 Å². The van der Waals surface area contributed by atoms with E-state index in [4.69, 9.17) is 4.74 Å². The fourth-order valence-corrected chi connectivity index (χ4v) is 3.37. The molecule has 0 bridgehead atoms. The Bertz CT molecular complexity index is 571. The normalized spacial score (nSPS) is 20.8. The van der Waals surface area contributed by atoms with Gasteiger partial charge < -0.3 is 9.84 Å². The van der Waals surface area contributed by atoms with Gasteiger partial charge in [-0.25, -0.2) is 12.7 Å². The first-order chi connectivity index (χ1) is 9.38. The van der Waals surface area contributed by atoms with Crippen LogP contribution in [-0.2, 0) is 10.0 Å². The summed E-state index contributed by atoms with van der Waals surface area (Å²) < 4.78 is 30.4. The Kier molecular flexibility index (Phi) is 4.55. The van der Waals surface area contributed by atoms with Crippen LogP contribution < -0.4 is 4.74 Å². The summed E-state index contributed by atoms with van der Waals surface area (Å²) in [5, 5.41) is 9.62. The van der Waals surface area contributed by atoms with E-state index in [0.29, 0.717) is 31.0 Å². The van der Waals surface area contributed by atoms with Gasteiger partial charge in [-0.2, -0.15) is 0 Å². The third-order valence-electron chi connectivity index (χ3n) is 3.68. The summed E-state index contributed by atoms with van der Waals surface area (Å²) in [5.74, 6) is 1.06. The van der Waals surface area contributed by atoms with Gasteiger partial charge in [0.1, 0.15) is 11.5 Å². The van der Waals surface area contributed by atoms with Gasteiger partial charge in [0.05, 0.1) is 12.9 Å².